The number of aliphatic hydroxyl groups is 1. The molecule has 0 bridgehead atoms. The predicted molar refractivity (Wildman–Crippen MR) is 139 cm³/mol. The normalized spacial score (nSPS) is 11.9. The zero-order chi connectivity index (χ0) is 25.5. The van der Waals surface area contributed by atoms with Gasteiger partial charge in [-0.15, -0.1) is 0 Å². The van der Waals surface area contributed by atoms with E-state index in [9.17, 15) is 19.5 Å². The van der Waals surface area contributed by atoms with Crippen LogP contribution in [0.4, 0.5) is 17.2 Å². The lowest BCUT2D eigenvalue weighted by Crippen LogP contribution is -2.47. The van der Waals surface area contributed by atoms with Crippen LogP contribution in [0.3, 0.4) is 0 Å². The molecule has 4 N–H and O–H groups in total. The van der Waals surface area contributed by atoms with Gasteiger partial charge in [0.15, 0.2) is 5.69 Å². The quantitative estimate of drug-likeness (QED) is 0.409. The monoisotopic (exact) mass is 479 g/mol. The predicted octanol–water partition coefficient (Wildman–Crippen LogP) is 2.04. The Kier molecular flexibility index (Phi) is 8.48. The van der Waals surface area contributed by atoms with Crippen LogP contribution in [0.2, 0.25) is 0 Å². The number of aromatic nitrogens is 2. The molecule has 1 amide bonds. The van der Waals surface area contributed by atoms with Gasteiger partial charge in [-0.25, -0.2) is 4.79 Å². The molecule has 0 radical (unpaired) electrons. The van der Waals surface area contributed by atoms with Crippen molar-refractivity contribution in [2.45, 2.75) is 33.4 Å². The van der Waals surface area contributed by atoms with E-state index in [1.54, 1.807) is 11.8 Å². The summed E-state index contributed by atoms with van der Waals surface area (Å²) in [5.74, 6) is -0.419. The maximum atomic E-state index is 13.6. The summed E-state index contributed by atoms with van der Waals surface area (Å²) >= 11 is 0. The smallest absolute Gasteiger partial charge is 0.330 e. The molecule has 35 heavy (non-hydrogen) atoms. The number of carbonyl (C=O) groups is 1. The molecule has 9 nitrogen and oxygen atoms in total. The van der Waals surface area contributed by atoms with Crippen molar-refractivity contribution in [1.82, 2.24) is 9.55 Å². The second-order valence-electron chi connectivity index (χ2n) is 9.03. The van der Waals surface area contributed by atoms with Crippen molar-refractivity contribution in [3.8, 4) is 0 Å². The van der Waals surface area contributed by atoms with Gasteiger partial charge in [-0.1, -0.05) is 62.4 Å². The van der Waals surface area contributed by atoms with Gasteiger partial charge >= 0.3 is 5.69 Å². The standard InChI is InChI=1S/C26H33N5O4/c1-18(2)14-30(22(33)17-29(15-19(3)32)21-12-8-5-9-13-21)23-24(27)31(26(35)28-25(23)34)16-20-10-6-4-7-11-20/h4-13,18-19,32H,14-17,27H2,1-3H3,(H,28,34,35). The van der Waals surface area contributed by atoms with Crippen LogP contribution in [0.5, 0.6) is 0 Å². The Labute approximate surface area is 204 Å². The zero-order valence-electron chi connectivity index (χ0n) is 20.3. The molecule has 0 fully saturated rings. The van der Waals surface area contributed by atoms with Gasteiger partial charge in [0.05, 0.1) is 19.2 Å². The number of nitrogens with zero attached hydrogens (tertiary/aromatic N) is 3. The molecule has 1 atom stereocenters. The molecule has 0 aliphatic carbocycles. The fraction of sp³-hybridized carbons (Fsp3) is 0.346. The molecule has 9 heteroatoms. The SMILES string of the molecule is CC(C)CN(C(=O)CN(CC(C)O)c1ccccc1)c1c(N)n(Cc2ccccc2)c(=O)[nH]c1=O. The minimum Gasteiger partial charge on any atom is -0.392 e. The number of anilines is 3. The van der Waals surface area contributed by atoms with Gasteiger partial charge in [-0.3, -0.25) is 19.1 Å². The molecule has 1 unspecified atom stereocenters. The van der Waals surface area contributed by atoms with Gasteiger partial charge in [0.25, 0.3) is 5.56 Å². The number of hydrogen-bond acceptors (Lipinski definition) is 6. The summed E-state index contributed by atoms with van der Waals surface area (Å²) in [6.45, 7) is 6.02. The van der Waals surface area contributed by atoms with Crippen LogP contribution in [-0.4, -0.2) is 46.3 Å². The molecular weight excluding hydrogens is 446 g/mol. The highest BCUT2D eigenvalue weighted by Crippen LogP contribution is 2.21. The molecule has 0 saturated carbocycles. The van der Waals surface area contributed by atoms with Crippen LogP contribution >= 0.6 is 0 Å². The number of aliphatic hydroxyl groups excluding tert-OH is 1. The average Bonchev–Trinajstić information content (AvgIpc) is 2.81. The van der Waals surface area contributed by atoms with E-state index in [1.165, 1.54) is 9.47 Å². The zero-order valence-corrected chi connectivity index (χ0v) is 20.3. The van der Waals surface area contributed by atoms with E-state index in [2.05, 4.69) is 4.98 Å². The van der Waals surface area contributed by atoms with E-state index >= 15 is 0 Å². The van der Waals surface area contributed by atoms with E-state index in [0.29, 0.717) is 0 Å². The number of carbonyl (C=O) groups excluding carboxylic acids is 1. The summed E-state index contributed by atoms with van der Waals surface area (Å²) in [5.41, 5.74) is 6.55. The minimum absolute atomic E-state index is 0.0224. The Bertz CT molecular complexity index is 1240. The fourth-order valence-electron chi connectivity index (χ4n) is 3.91. The molecular formula is C26H33N5O4. The number of amides is 1. The number of hydrogen-bond donors (Lipinski definition) is 3. The Balaban J connectivity index is 2.02. The average molecular weight is 480 g/mol. The number of H-pyrrole nitrogens is 1. The van der Waals surface area contributed by atoms with Crippen molar-refractivity contribution in [3.63, 3.8) is 0 Å². The third-order valence-corrected chi connectivity index (χ3v) is 5.45. The third kappa shape index (κ3) is 6.60. The van der Waals surface area contributed by atoms with Crippen LogP contribution in [-0.2, 0) is 11.3 Å². The van der Waals surface area contributed by atoms with Crippen molar-refractivity contribution in [2.75, 3.05) is 35.2 Å². The molecule has 1 aromatic heterocycles. The fourth-order valence-corrected chi connectivity index (χ4v) is 3.91. The van der Waals surface area contributed by atoms with Crippen LogP contribution in [0.1, 0.15) is 26.3 Å². The third-order valence-electron chi connectivity index (χ3n) is 5.45. The highest BCUT2D eigenvalue weighted by molar-refractivity contribution is 5.98. The number of nitrogens with two attached hydrogens (primary N) is 1. The Hall–Kier alpha value is -3.85. The molecule has 186 valence electrons. The molecule has 0 saturated heterocycles. The first-order chi connectivity index (χ1) is 16.7. The first kappa shape index (κ1) is 25.8. The first-order valence-corrected chi connectivity index (χ1v) is 11.6. The minimum atomic E-state index is -0.715. The van der Waals surface area contributed by atoms with Gasteiger partial charge in [0.1, 0.15) is 5.82 Å². The lowest BCUT2D eigenvalue weighted by atomic mass is 10.2. The van der Waals surface area contributed by atoms with E-state index in [-0.39, 0.29) is 49.5 Å². The second-order valence-corrected chi connectivity index (χ2v) is 9.03. The van der Waals surface area contributed by atoms with Crippen molar-refractivity contribution < 1.29 is 9.90 Å². The summed E-state index contributed by atoms with van der Waals surface area (Å²) in [6, 6.07) is 18.5. The lowest BCUT2D eigenvalue weighted by Gasteiger charge is -2.31. The van der Waals surface area contributed by atoms with E-state index in [4.69, 9.17) is 5.73 Å². The summed E-state index contributed by atoms with van der Waals surface area (Å²) in [7, 11) is 0. The molecule has 2 aromatic carbocycles. The Morgan fingerprint density at radius 3 is 2.17 bits per heavy atom. The number of nitrogen functional groups attached to an aromatic ring is 1. The van der Waals surface area contributed by atoms with Gasteiger partial charge in [0.2, 0.25) is 5.91 Å². The lowest BCUT2D eigenvalue weighted by molar-refractivity contribution is -0.117. The van der Waals surface area contributed by atoms with E-state index in [1.807, 2.05) is 74.5 Å². The molecule has 0 spiro atoms. The highest BCUT2D eigenvalue weighted by Gasteiger charge is 2.27. The summed E-state index contributed by atoms with van der Waals surface area (Å²) in [5, 5.41) is 10.0. The number of para-hydroxylation sites is 1. The van der Waals surface area contributed by atoms with Crippen molar-refractivity contribution >= 4 is 23.1 Å². The molecule has 0 aliphatic heterocycles. The molecule has 3 rings (SSSR count). The van der Waals surface area contributed by atoms with Crippen LogP contribution < -0.4 is 26.8 Å². The maximum Gasteiger partial charge on any atom is 0.330 e. The van der Waals surface area contributed by atoms with Crippen molar-refractivity contribution in [2.24, 2.45) is 5.92 Å². The van der Waals surface area contributed by atoms with Gasteiger partial charge in [-0.05, 0) is 30.5 Å². The van der Waals surface area contributed by atoms with Crippen LogP contribution in [0.15, 0.2) is 70.3 Å². The topological polar surface area (TPSA) is 125 Å². The van der Waals surface area contributed by atoms with Gasteiger partial charge < -0.3 is 20.6 Å². The number of aromatic amines is 1. The van der Waals surface area contributed by atoms with Crippen molar-refractivity contribution in [1.29, 1.82) is 0 Å². The highest BCUT2D eigenvalue weighted by atomic mass is 16.3. The number of nitrogens with one attached hydrogen (secondary N) is 1. The number of benzene rings is 2. The molecule has 0 aliphatic rings. The summed E-state index contributed by atoms with van der Waals surface area (Å²) < 4.78 is 1.26. The van der Waals surface area contributed by atoms with Crippen molar-refractivity contribution in [3.05, 3.63) is 87.1 Å². The molecule has 3 aromatic rings. The first-order valence-electron chi connectivity index (χ1n) is 11.6. The Morgan fingerprint density at radius 1 is 1.00 bits per heavy atom. The maximum absolute atomic E-state index is 13.6. The van der Waals surface area contributed by atoms with E-state index < -0.39 is 17.4 Å². The largest absolute Gasteiger partial charge is 0.392 e. The summed E-state index contributed by atoms with van der Waals surface area (Å²) in [4.78, 5) is 44.6. The van der Waals surface area contributed by atoms with Crippen LogP contribution in [0, 0.1) is 5.92 Å². The van der Waals surface area contributed by atoms with Crippen LogP contribution in [0.25, 0.3) is 0 Å². The number of rotatable bonds is 10. The van der Waals surface area contributed by atoms with E-state index in [0.717, 1.165) is 11.3 Å². The summed E-state index contributed by atoms with van der Waals surface area (Å²) in [6.07, 6.45) is -0.678. The Morgan fingerprint density at radius 2 is 1.60 bits per heavy atom. The second kappa shape index (κ2) is 11.5. The molecule has 1 heterocycles. The van der Waals surface area contributed by atoms with Gasteiger partial charge in [0, 0.05) is 18.8 Å². The van der Waals surface area contributed by atoms with Gasteiger partial charge in [-0.2, -0.15) is 0 Å².